The van der Waals surface area contributed by atoms with Crippen molar-refractivity contribution in [3.63, 3.8) is 0 Å². The van der Waals surface area contributed by atoms with Crippen molar-refractivity contribution >= 4 is 11.8 Å². The molecule has 0 aliphatic carbocycles. The lowest BCUT2D eigenvalue weighted by Crippen LogP contribution is -2.40. The monoisotopic (exact) mass is 387 g/mol. The van der Waals surface area contributed by atoms with Gasteiger partial charge in [-0.25, -0.2) is 0 Å². The second kappa shape index (κ2) is 11.3. The van der Waals surface area contributed by atoms with Crippen molar-refractivity contribution in [2.24, 2.45) is 0 Å². The minimum Gasteiger partial charge on any atom is -0.491 e. The van der Waals surface area contributed by atoms with Crippen LogP contribution in [0.1, 0.15) is 11.3 Å². The second-order valence-corrected chi connectivity index (χ2v) is 7.96. The molecule has 6 heteroatoms. The fourth-order valence-electron chi connectivity index (χ4n) is 3.10. The minimum atomic E-state index is -0.460. The highest BCUT2D eigenvalue weighted by Crippen LogP contribution is 2.18. The van der Waals surface area contributed by atoms with Crippen LogP contribution in [0.25, 0.3) is 0 Å². The van der Waals surface area contributed by atoms with Crippen LogP contribution < -0.4 is 10.1 Å². The summed E-state index contributed by atoms with van der Waals surface area (Å²) in [5.74, 6) is 3.15. The standard InChI is InChI=1S/C21H29N3O2S/c25-20(16-24-11-13-27-14-12-24)17-26-21-7-2-1-5-18(21)15-22-10-8-19-6-3-4-9-23-19/h1-7,9,20,22,25H,8,10-17H2/t20-/m1/s1. The lowest BCUT2D eigenvalue weighted by atomic mass is 10.2. The minimum absolute atomic E-state index is 0.328. The van der Waals surface area contributed by atoms with Gasteiger partial charge in [0, 0.05) is 68.1 Å². The largest absolute Gasteiger partial charge is 0.491 e. The molecule has 0 amide bonds. The van der Waals surface area contributed by atoms with Gasteiger partial charge >= 0.3 is 0 Å². The highest BCUT2D eigenvalue weighted by Gasteiger charge is 2.15. The highest BCUT2D eigenvalue weighted by molar-refractivity contribution is 7.99. The van der Waals surface area contributed by atoms with Crippen molar-refractivity contribution < 1.29 is 9.84 Å². The summed E-state index contributed by atoms with van der Waals surface area (Å²) >= 11 is 1.98. The van der Waals surface area contributed by atoms with Crippen LogP contribution in [0.15, 0.2) is 48.7 Å². The molecule has 27 heavy (non-hydrogen) atoms. The Bertz CT molecular complexity index is 665. The van der Waals surface area contributed by atoms with Crippen molar-refractivity contribution in [1.29, 1.82) is 0 Å². The van der Waals surface area contributed by atoms with Gasteiger partial charge in [0.25, 0.3) is 0 Å². The molecule has 1 saturated heterocycles. The Morgan fingerprint density at radius 3 is 2.78 bits per heavy atom. The normalized spacial score (nSPS) is 16.2. The van der Waals surface area contributed by atoms with Crippen molar-refractivity contribution in [1.82, 2.24) is 15.2 Å². The zero-order chi connectivity index (χ0) is 18.7. The maximum Gasteiger partial charge on any atom is 0.123 e. The van der Waals surface area contributed by atoms with Crippen molar-refractivity contribution in [2.75, 3.05) is 44.3 Å². The van der Waals surface area contributed by atoms with Crippen LogP contribution >= 0.6 is 11.8 Å². The SMILES string of the molecule is O[C@@H](COc1ccccc1CNCCc1ccccn1)CN1CCSCC1. The molecular formula is C21H29N3O2S. The predicted molar refractivity (Wildman–Crippen MR) is 111 cm³/mol. The third kappa shape index (κ3) is 7.14. The molecule has 1 aromatic heterocycles. The average Bonchev–Trinajstić information content (AvgIpc) is 2.72. The van der Waals surface area contributed by atoms with E-state index in [0.717, 1.165) is 61.1 Å². The van der Waals surface area contributed by atoms with E-state index in [4.69, 9.17) is 4.74 Å². The van der Waals surface area contributed by atoms with Gasteiger partial charge in [-0.05, 0) is 18.2 Å². The van der Waals surface area contributed by atoms with Crippen LogP contribution in [0.5, 0.6) is 5.75 Å². The summed E-state index contributed by atoms with van der Waals surface area (Å²) in [7, 11) is 0. The first-order valence-corrected chi connectivity index (χ1v) is 10.8. The second-order valence-electron chi connectivity index (χ2n) is 6.73. The number of β-amino-alcohol motifs (C(OH)–C–C–N with tert-alkyl or cyclic N) is 1. The fourth-order valence-corrected chi connectivity index (χ4v) is 4.08. The van der Waals surface area contributed by atoms with Crippen molar-refractivity contribution in [3.8, 4) is 5.75 Å². The van der Waals surface area contributed by atoms with Crippen LogP contribution in [0.4, 0.5) is 0 Å². The highest BCUT2D eigenvalue weighted by atomic mass is 32.2. The number of aliphatic hydroxyl groups excluding tert-OH is 1. The molecule has 1 atom stereocenters. The molecule has 1 fully saturated rings. The lowest BCUT2D eigenvalue weighted by molar-refractivity contribution is 0.0711. The summed E-state index contributed by atoms with van der Waals surface area (Å²) in [5.41, 5.74) is 2.20. The first-order chi connectivity index (χ1) is 13.3. The quantitative estimate of drug-likeness (QED) is 0.610. The number of aromatic nitrogens is 1. The van der Waals surface area contributed by atoms with Crippen LogP contribution in [-0.4, -0.2) is 65.4 Å². The zero-order valence-electron chi connectivity index (χ0n) is 15.7. The van der Waals surface area contributed by atoms with Gasteiger partial charge in [-0.2, -0.15) is 11.8 Å². The molecule has 3 rings (SSSR count). The number of thioether (sulfide) groups is 1. The number of pyridine rings is 1. The molecule has 0 bridgehead atoms. The number of ether oxygens (including phenoxy) is 1. The smallest absolute Gasteiger partial charge is 0.123 e. The van der Waals surface area contributed by atoms with Gasteiger partial charge in [-0.15, -0.1) is 0 Å². The molecule has 2 heterocycles. The van der Waals surface area contributed by atoms with Gasteiger partial charge in [0.15, 0.2) is 0 Å². The number of aliphatic hydroxyl groups is 1. The topological polar surface area (TPSA) is 57.6 Å². The van der Waals surface area contributed by atoms with E-state index in [1.807, 2.05) is 54.4 Å². The molecular weight excluding hydrogens is 358 g/mol. The third-order valence-corrected chi connectivity index (χ3v) is 5.52. The molecule has 0 spiro atoms. The molecule has 2 N–H and O–H groups in total. The summed E-state index contributed by atoms with van der Waals surface area (Å²) in [6.45, 7) is 4.72. The Labute approximate surface area is 166 Å². The number of rotatable bonds is 10. The first-order valence-electron chi connectivity index (χ1n) is 9.61. The Kier molecular flexibility index (Phi) is 8.42. The van der Waals surface area contributed by atoms with Gasteiger partial charge in [-0.3, -0.25) is 9.88 Å². The van der Waals surface area contributed by atoms with Crippen LogP contribution in [0, 0.1) is 0 Å². The molecule has 0 radical (unpaired) electrons. The number of nitrogens with one attached hydrogen (secondary N) is 1. The molecule has 1 aliphatic rings. The number of nitrogens with zero attached hydrogens (tertiary/aromatic N) is 2. The predicted octanol–water partition coefficient (Wildman–Crippen LogP) is 2.20. The number of benzene rings is 1. The molecule has 0 saturated carbocycles. The fraction of sp³-hybridized carbons (Fsp3) is 0.476. The van der Waals surface area contributed by atoms with E-state index < -0.39 is 6.10 Å². The van der Waals surface area contributed by atoms with E-state index in [9.17, 15) is 5.11 Å². The maximum absolute atomic E-state index is 10.3. The summed E-state index contributed by atoms with van der Waals surface area (Å²) < 4.78 is 5.92. The first kappa shape index (κ1) is 20.1. The summed E-state index contributed by atoms with van der Waals surface area (Å²) in [6.07, 6.45) is 2.27. The molecule has 1 aromatic carbocycles. The van der Waals surface area contributed by atoms with E-state index >= 15 is 0 Å². The van der Waals surface area contributed by atoms with Crippen LogP contribution in [0.2, 0.25) is 0 Å². The average molecular weight is 388 g/mol. The summed E-state index contributed by atoms with van der Waals surface area (Å²) in [5, 5.41) is 13.7. The van der Waals surface area contributed by atoms with Gasteiger partial charge in [0.05, 0.1) is 0 Å². The van der Waals surface area contributed by atoms with Gasteiger partial charge in [0.1, 0.15) is 18.5 Å². The van der Waals surface area contributed by atoms with Crippen molar-refractivity contribution in [3.05, 3.63) is 59.9 Å². The van der Waals surface area contributed by atoms with E-state index in [-0.39, 0.29) is 0 Å². The Morgan fingerprint density at radius 1 is 1.15 bits per heavy atom. The summed E-state index contributed by atoms with van der Waals surface area (Å²) in [4.78, 5) is 6.65. The Hall–Kier alpha value is -1.60. The van der Waals surface area contributed by atoms with E-state index in [0.29, 0.717) is 13.2 Å². The molecule has 2 aromatic rings. The van der Waals surface area contributed by atoms with E-state index in [2.05, 4.69) is 21.3 Å². The number of hydrogen-bond acceptors (Lipinski definition) is 6. The van der Waals surface area contributed by atoms with E-state index in [1.165, 1.54) is 0 Å². The maximum atomic E-state index is 10.3. The van der Waals surface area contributed by atoms with E-state index in [1.54, 1.807) is 0 Å². The van der Waals surface area contributed by atoms with Crippen LogP contribution in [-0.2, 0) is 13.0 Å². The Morgan fingerprint density at radius 2 is 1.96 bits per heavy atom. The van der Waals surface area contributed by atoms with Gasteiger partial charge < -0.3 is 15.2 Å². The molecule has 146 valence electrons. The van der Waals surface area contributed by atoms with Crippen molar-refractivity contribution in [2.45, 2.75) is 19.1 Å². The van der Waals surface area contributed by atoms with Crippen LogP contribution in [0.3, 0.4) is 0 Å². The number of para-hydroxylation sites is 1. The molecule has 1 aliphatic heterocycles. The molecule has 5 nitrogen and oxygen atoms in total. The van der Waals surface area contributed by atoms with Gasteiger partial charge in [-0.1, -0.05) is 24.3 Å². The zero-order valence-corrected chi connectivity index (χ0v) is 16.5. The summed E-state index contributed by atoms with van der Waals surface area (Å²) in [6, 6.07) is 14.0. The number of hydrogen-bond donors (Lipinski definition) is 2. The third-order valence-electron chi connectivity index (χ3n) is 4.58. The lowest BCUT2D eigenvalue weighted by Gasteiger charge is -2.28. The Balaban J connectivity index is 1.41. The van der Waals surface area contributed by atoms with Gasteiger partial charge in [0.2, 0.25) is 0 Å². The molecule has 0 unspecified atom stereocenters.